The molecule has 0 aromatic carbocycles. The molecule has 0 atom stereocenters. The fourth-order valence-corrected chi connectivity index (χ4v) is 2.85. The van der Waals surface area contributed by atoms with Gasteiger partial charge in [-0.05, 0) is 26.7 Å². The molecule has 0 fully saturated rings. The molecule has 0 aliphatic heterocycles. The number of aryl methyl sites for hydroxylation is 1. The lowest BCUT2D eigenvalue weighted by Crippen LogP contribution is -2.54. The number of nitrogens with one attached hydrogen (secondary N) is 1. The molecule has 0 aliphatic carbocycles. The van der Waals surface area contributed by atoms with Crippen LogP contribution in [0.4, 0.5) is 0 Å². The molecule has 0 unspecified atom stereocenters. The first-order valence-corrected chi connectivity index (χ1v) is 7.38. The molecule has 0 saturated heterocycles. The monoisotopic (exact) mass is 321 g/mol. The fourth-order valence-electron chi connectivity index (χ4n) is 2.02. The summed E-state index contributed by atoms with van der Waals surface area (Å²) in [5, 5.41) is 2.97. The Hall–Kier alpha value is -0.850. The van der Waals surface area contributed by atoms with Crippen molar-refractivity contribution >= 4 is 29.7 Å². The summed E-state index contributed by atoms with van der Waals surface area (Å²) in [6.45, 7) is 8.22. The van der Waals surface area contributed by atoms with Crippen molar-refractivity contribution in [1.82, 2.24) is 9.88 Å². The van der Waals surface area contributed by atoms with Crippen LogP contribution in [0.15, 0.2) is 4.79 Å². The van der Waals surface area contributed by atoms with Crippen LogP contribution in [0.5, 0.6) is 0 Å². The summed E-state index contributed by atoms with van der Waals surface area (Å²) >= 11 is 1.18. The molecular formula is C13H24ClN3O2S. The van der Waals surface area contributed by atoms with Crippen molar-refractivity contribution in [2.75, 3.05) is 6.54 Å². The van der Waals surface area contributed by atoms with Crippen molar-refractivity contribution in [3.8, 4) is 0 Å². The third kappa shape index (κ3) is 4.07. The average Bonchev–Trinajstić information content (AvgIpc) is 2.63. The molecule has 20 heavy (non-hydrogen) atoms. The summed E-state index contributed by atoms with van der Waals surface area (Å²) in [5.41, 5.74) is 6.25. The smallest absolute Gasteiger partial charge is 0.308 e. The number of hydrogen-bond donors (Lipinski definition) is 2. The van der Waals surface area contributed by atoms with Gasteiger partial charge in [-0.2, -0.15) is 0 Å². The van der Waals surface area contributed by atoms with Crippen molar-refractivity contribution in [3.05, 3.63) is 20.2 Å². The van der Waals surface area contributed by atoms with E-state index < -0.39 is 0 Å². The number of halogens is 1. The van der Waals surface area contributed by atoms with Crippen molar-refractivity contribution in [1.29, 1.82) is 0 Å². The van der Waals surface area contributed by atoms with E-state index in [2.05, 4.69) is 5.32 Å². The molecule has 1 aromatic heterocycles. The predicted molar refractivity (Wildman–Crippen MR) is 85.8 cm³/mol. The van der Waals surface area contributed by atoms with Gasteiger partial charge in [0.05, 0.1) is 5.54 Å². The predicted octanol–water partition coefficient (Wildman–Crippen LogP) is 1.58. The fraction of sp³-hybridized carbons (Fsp3) is 0.692. The standard InChI is InChI=1S/C13H23N3O2S.ClH/c1-5-13(6-2,8-14)15-11(17)7-16-9(3)10(4)19-12(16)18;/h5-8,14H2,1-4H3,(H,15,17);1H. The third-order valence-electron chi connectivity index (χ3n) is 3.83. The molecule has 1 heterocycles. The number of thiazole rings is 1. The summed E-state index contributed by atoms with van der Waals surface area (Å²) in [6.07, 6.45) is 1.56. The lowest BCUT2D eigenvalue weighted by atomic mass is 9.93. The molecule has 1 rings (SSSR count). The molecule has 5 nitrogen and oxygen atoms in total. The Morgan fingerprint density at radius 1 is 1.35 bits per heavy atom. The van der Waals surface area contributed by atoms with E-state index in [-0.39, 0.29) is 35.3 Å². The van der Waals surface area contributed by atoms with Crippen molar-refractivity contribution in [2.45, 2.75) is 52.6 Å². The van der Waals surface area contributed by atoms with Crippen molar-refractivity contribution in [2.24, 2.45) is 5.73 Å². The van der Waals surface area contributed by atoms with Gasteiger partial charge in [-0.25, -0.2) is 0 Å². The maximum absolute atomic E-state index is 12.1. The highest BCUT2D eigenvalue weighted by Gasteiger charge is 2.26. The first-order valence-electron chi connectivity index (χ1n) is 6.57. The topological polar surface area (TPSA) is 77.1 Å². The first-order chi connectivity index (χ1) is 8.89. The van der Waals surface area contributed by atoms with E-state index in [9.17, 15) is 9.59 Å². The van der Waals surface area contributed by atoms with Crippen LogP contribution in [0, 0.1) is 13.8 Å². The van der Waals surface area contributed by atoms with E-state index in [0.717, 1.165) is 23.4 Å². The third-order valence-corrected chi connectivity index (χ3v) is 4.82. The van der Waals surface area contributed by atoms with Crippen molar-refractivity contribution < 1.29 is 4.79 Å². The van der Waals surface area contributed by atoms with E-state index in [0.29, 0.717) is 6.54 Å². The lowest BCUT2D eigenvalue weighted by molar-refractivity contribution is -0.123. The molecule has 0 aliphatic rings. The molecule has 116 valence electrons. The number of nitrogens with zero attached hydrogens (tertiary/aromatic N) is 1. The molecule has 0 saturated carbocycles. The van der Waals surface area contributed by atoms with E-state index in [1.54, 1.807) is 0 Å². The number of carbonyl (C=O) groups is 1. The molecule has 7 heteroatoms. The highest BCUT2D eigenvalue weighted by molar-refractivity contribution is 7.09. The highest BCUT2D eigenvalue weighted by Crippen LogP contribution is 2.14. The molecular weight excluding hydrogens is 298 g/mol. The number of hydrogen-bond acceptors (Lipinski definition) is 4. The minimum atomic E-state index is -0.361. The SMILES string of the molecule is CCC(CC)(CN)NC(=O)Cn1c(C)c(C)sc1=O.Cl. The maximum atomic E-state index is 12.1. The van der Waals surface area contributed by atoms with Crippen LogP contribution in [0.2, 0.25) is 0 Å². The quantitative estimate of drug-likeness (QED) is 0.835. The molecule has 0 radical (unpaired) electrons. The highest BCUT2D eigenvalue weighted by atomic mass is 35.5. The van der Waals surface area contributed by atoms with Gasteiger partial charge < -0.3 is 11.1 Å². The second kappa shape index (κ2) is 7.81. The Kier molecular flexibility index (Phi) is 7.47. The van der Waals surface area contributed by atoms with Gasteiger partial charge in [0.2, 0.25) is 5.91 Å². The van der Waals surface area contributed by atoms with Gasteiger partial charge in [0.1, 0.15) is 6.54 Å². The average molecular weight is 322 g/mol. The Bertz CT molecular complexity index is 498. The van der Waals surface area contributed by atoms with Crippen LogP contribution < -0.4 is 15.9 Å². The molecule has 0 spiro atoms. The largest absolute Gasteiger partial charge is 0.348 e. The lowest BCUT2D eigenvalue weighted by Gasteiger charge is -2.31. The maximum Gasteiger partial charge on any atom is 0.308 e. The minimum absolute atomic E-state index is 0. The van der Waals surface area contributed by atoms with Crippen LogP contribution in [0.3, 0.4) is 0 Å². The Morgan fingerprint density at radius 2 is 1.90 bits per heavy atom. The van der Waals surface area contributed by atoms with Crippen LogP contribution >= 0.6 is 23.7 Å². The summed E-state index contributed by atoms with van der Waals surface area (Å²) in [5.74, 6) is -0.155. The summed E-state index contributed by atoms with van der Waals surface area (Å²) in [6, 6.07) is 0. The Morgan fingerprint density at radius 3 is 2.25 bits per heavy atom. The number of amides is 1. The molecule has 1 aromatic rings. The minimum Gasteiger partial charge on any atom is -0.348 e. The van der Waals surface area contributed by atoms with Gasteiger partial charge in [0.25, 0.3) is 0 Å². The zero-order valence-electron chi connectivity index (χ0n) is 12.5. The van der Waals surface area contributed by atoms with Gasteiger partial charge in [-0.1, -0.05) is 25.2 Å². The van der Waals surface area contributed by atoms with Gasteiger partial charge in [-0.15, -0.1) is 12.4 Å². The molecule has 0 bridgehead atoms. The van der Waals surface area contributed by atoms with Gasteiger partial charge in [0.15, 0.2) is 0 Å². The molecule has 3 N–H and O–H groups in total. The van der Waals surface area contributed by atoms with E-state index in [1.807, 2.05) is 27.7 Å². The Balaban J connectivity index is 0.00000361. The van der Waals surface area contributed by atoms with Gasteiger partial charge in [-0.3, -0.25) is 14.2 Å². The van der Waals surface area contributed by atoms with E-state index in [1.165, 1.54) is 15.9 Å². The van der Waals surface area contributed by atoms with Crippen LogP contribution in [-0.4, -0.2) is 22.6 Å². The summed E-state index contributed by atoms with van der Waals surface area (Å²) in [4.78, 5) is 24.7. The summed E-state index contributed by atoms with van der Waals surface area (Å²) < 4.78 is 1.52. The number of aromatic nitrogens is 1. The van der Waals surface area contributed by atoms with E-state index in [4.69, 9.17) is 5.73 Å². The second-order valence-electron chi connectivity index (χ2n) is 4.84. The van der Waals surface area contributed by atoms with E-state index >= 15 is 0 Å². The van der Waals surface area contributed by atoms with Crippen molar-refractivity contribution in [3.63, 3.8) is 0 Å². The molecule has 1 amide bonds. The zero-order chi connectivity index (χ0) is 14.6. The van der Waals surface area contributed by atoms with Gasteiger partial charge in [0, 0.05) is 17.1 Å². The van der Waals surface area contributed by atoms with Crippen LogP contribution in [0.25, 0.3) is 0 Å². The Labute approximate surface area is 130 Å². The number of nitrogens with two attached hydrogens (primary N) is 1. The number of carbonyl (C=O) groups excluding carboxylic acids is 1. The second-order valence-corrected chi connectivity index (χ2v) is 6.00. The van der Waals surface area contributed by atoms with Gasteiger partial charge >= 0.3 is 4.87 Å². The zero-order valence-corrected chi connectivity index (χ0v) is 14.1. The first kappa shape index (κ1) is 19.1. The van der Waals surface area contributed by atoms with Crippen LogP contribution in [0.1, 0.15) is 37.3 Å². The normalized spacial score (nSPS) is 11.1. The van der Waals surface area contributed by atoms with Crippen LogP contribution in [-0.2, 0) is 11.3 Å². The summed E-state index contributed by atoms with van der Waals surface area (Å²) in [7, 11) is 0. The number of rotatable bonds is 6.